The maximum atomic E-state index is 13.5. The van der Waals surface area contributed by atoms with Gasteiger partial charge in [0.25, 0.3) is 0 Å². The molecule has 4 rings (SSSR count). The van der Waals surface area contributed by atoms with Crippen LogP contribution in [0.3, 0.4) is 0 Å². The van der Waals surface area contributed by atoms with Crippen molar-refractivity contribution >= 4 is 34.5 Å². The van der Waals surface area contributed by atoms with Crippen LogP contribution in [-0.4, -0.2) is 61.7 Å². The van der Waals surface area contributed by atoms with Gasteiger partial charge in [-0.3, -0.25) is 0 Å². The number of nitrogens with zero attached hydrogens (tertiary/aromatic N) is 2. The Morgan fingerprint density at radius 1 is 1.08 bits per heavy atom. The SMILES string of the molecule is CSC1=NC(c2ccc(Cl)cc2)C(C(=O)OCCCc2ccccc2)=C(COCCN2CCCCC2)N1. The molecule has 0 spiro atoms. The summed E-state index contributed by atoms with van der Waals surface area (Å²) < 4.78 is 11.9. The lowest BCUT2D eigenvalue weighted by Gasteiger charge is -2.28. The number of halogens is 1. The van der Waals surface area contributed by atoms with Crippen LogP contribution in [0.1, 0.15) is 42.9 Å². The molecule has 0 aliphatic carbocycles. The van der Waals surface area contributed by atoms with Gasteiger partial charge in [-0.25, -0.2) is 9.79 Å². The Kier molecular flexibility index (Phi) is 10.9. The number of piperidine rings is 1. The second-order valence-corrected chi connectivity index (χ2v) is 10.5. The molecule has 37 heavy (non-hydrogen) atoms. The highest BCUT2D eigenvalue weighted by Gasteiger charge is 2.32. The van der Waals surface area contributed by atoms with Gasteiger partial charge in [0.2, 0.25) is 0 Å². The number of hydrogen-bond donors (Lipinski definition) is 1. The topological polar surface area (TPSA) is 63.2 Å². The summed E-state index contributed by atoms with van der Waals surface area (Å²) in [6.07, 6.45) is 7.39. The first kappa shape index (κ1) is 27.7. The van der Waals surface area contributed by atoms with E-state index in [2.05, 4.69) is 22.3 Å². The number of ether oxygens (including phenoxy) is 2. The number of amidine groups is 1. The highest BCUT2D eigenvalue weighted by atomic mass is 35.5. The van der Waals surface area contributed by atoms with Gasteiger partial charge in [-0.2, -0.15) is 0 Å². The molecule has 8 heteroatoms. The van der Waals surface area contributed by atoms with Crippen LogP contribution in [0.4, 0.5) is 0 Å². The van der Waals surface area contributed by atoms with E-state index in [1.54, 1.807) is 0 Å². The normalized spacial score (nSPS) is 18.3. The Hall–Kier alpha value is -2.32. The zero-order chi connectivity index (χ0) is 25.9. The maximum Gasteiger partial charge on any atom is 0.338 e. The van der Waals surface area contributed by atoms with Gasteiger partial charge in [0.15, 0.2) is 5.17 Å². The summed E-state index contributed by atoms with van der Waals surface area (Å²) in [6, 6.07) is 17.2. The Morgan fingerprint density at radius 2 is 1.84 bits per heavy atom. The molecule has 6 nitrogen and oxygen atoms in total. The smallest absolute Gasteiger partial charge is 0.338 e. The van der Waals surface area contributed by atoms with E-state index in [4.69, 9.17) is 26.1 Å². The highest BCUT2D eigenvalue weighted by Crippen LogP contribution is 2.33. The molecule has 0 saturated carbocycles. The fraction of sp³-hybridized carbons (Fsp3) is 0.448. The standard InChI is InChI=1S/C29H36ClN3O3S/c1-37-29-31-25(21-35-20-18-33-16-6-3-7-17-33)26(27(32-29)23-12-14-24(30)15-13-23)28(34)36-19-8-11-22-9-4-2-5-10-22/h2,4-5,9-10,12-15,27H,3,6-8,11,16-21H2,1H3,(H,31,32). The van der Waals surface area contributed by atoms with Gasteiger partial charge in [-0.1, -0.05) is 72.2 Å². The molecule has 0 aromatic heterocycles. The molecule has 1 fully saturated rings. The molecule has 1 saturated heterocycles. The number of rotatable bonds is 11. The summed E-state index contributed by atoms with van der Waals surface area (Å²) in [5.41, 5.74) is 3.33. The molecule has 0 radical (unpaired) electrons. The van der Waals surface area contributed by atoms with Crippen LogP contribution in [0.2, 0.25) is 5.02 Å². The Labute approximate surface area is 229 Å². The highest BCUT2D eigenvalue weighted by molar-refractivity contribution is 8.13. The summed E-state index contributed by atoms with van der Waals surface area (Å²) >= 11 is 7.65. The molecule has 2 aromatic rings. The lowest BCUT2D eigenvalue weighted by molar-refractivity contribution is -0.139. The average Bonchev–Trinajstić information content (AvgIpc) is 2.94. The van der Waals surface area contributed by atoms with Gasteiger partial charge in [-0.05, 0) is 68.3 Å². The van der Waals surface area contributed by atoms with Crippen molar-refractivity contribution in [1.82, 2.24) is 10.2 Å². The van der Waals surface area contributed by atoms with Gasteiger partial charge in [0.1, 0.15) is 6.04 Å². The van der Waals surface area contributed by atoms with Gasteiger partial charge in [-0.15, -0.1) is 0 Å². The number of carbonyl (C=O) groups excluding carboxylic acids is 1. The van der Waals surface area contributed by atoms with E-state index in [0.717, 1.165) is 43.2 Å². The van der Waals surface area contributed by atoms with Gasteiger partial charge >= 0.3 is 5.97 Å². The lowest BCUT2D eigenvalue weighted by atomic mass is 9.96. The number of hydrogen-bond acceptors (Lipinski definition) is 7. The molecule has 1 unspecified atom stereocenters. The Morgan fingerprint density at radius 3 is 2.57 bits per heavy atom. The second kappa shape index (κ2) is 14.6. The van der Waals surface area contributed by atoms with Crippen LogP contribution in [0.15, 0.2) is 70.9 Å². The predicted molar refractivity (Wildman–Crippen MR) is 152 cm³/mol. The monoisotopic (exact) mass is 541 g/mol. The van der Waals surface area contributed by atoms with Crippen LogP contribution >= 0.6 is 23.4 Å². The largest absolute Gasteiger partial charge is 0.462 e. The average molecular weight is 542 g/mol. The summed E-state index contributed by atoms with van der Waals surface area (Å²) in [6.45, 7) is 4.41. The van der Waals surface area contributed by atoms with E-state index in [1.807, 2.05) is 48.7 Å². The van der Waals surface area contributed by atoms with Crippen LogP contribution in [0.5, 0.6) is 0 Å². The maximum absolute atomic E-state index is 13.5. The first-order chi connectivity index (χ1) is 18.1. The molecule has 2 aromatic carbocycles. The fourth-order valence-electron chi connectivity index (χ4n) is 4.63. The molecular formula is C29H36ClN3O3S. The fourth-order valence-corrected chi connectivity index (χ4v) is 5.19. The van der Waals surface area contributed by atoms with Gasteiger partial charge < -0.3 is 19.7 Å². The molecule has 1 atom stereocenters. The van der Waals surface area contributed by atoms with Gasteiger partial charge in [0.05, 0.1) is 31.1 Å². The number of carbonyl (C=O) groups is 1. The third-order valence-corrected chi connectivity index (χ3v) is 7.48. The number of nitrogens with one attached hydrogen (secondary N) is 1. The van der Waals surface area contributed by atoms with E-state index in [1.165, 1.54) is 36.6 Å². The quantitative estimate of drug-likeness (QED) is 0.293. The van der Waals surface area contributed by atoms with Crippen molar-refractivity contribution in [2.75, 3.05) is 45.7 Å². The Bertz CT molecular complexity index is 1070. The summed E-state index contributed by atoms with van der Waals surface area (Å²) in [7, 11) is 0. The van der Waals surface area contributed by atoms with E-state index in [9.17, 15) is 4.79 Å². The van der Waals surface area contributed by atoms with Crippen LogP contribution in [0.25, 0.3) is 0 Å². The van der Waals surface area contributed by atoms with Crippen molar-refractivity contribution in [2.24, 2.45) is 4.99 Å². The van der Waals surface area contributed by atoms with E-state index in [0.29, 0.717) is 36.1 Å². The summed E-state index contributed by atoms with van der Waals surface area (Å²) in [4.78, 5) is 20.7. The van der Waals surface area contributed by atoms with Crippen molar-refractivity contribution < 1.29 is 14.3 Å². The van der Waals surface area contributed by atoms with Crippen LogP contribution in [-0.2, 0) is 20.7 Å². The predicted octanol–water partition coefficient (Wildman–Crippen LogP) is 5.64. The molecule has 1 N–H and O–H groups in total. The number of aliphatic imine (C=N–C) groups is 1. The minimum absolute atomic E-state index is 0.298. The third kappa shape index (κ3) is 8.34. The zero-order valence-electron chi connectivity index (χ0n) is 21.5. The van der Waals surface area contributed by atoms with E-state index >= 15 is 0 Å². The van der Waals surface area contributed by atoms with Gasteiger partial charge in [0, 0.05) is 11.6 Å². The van der Waals surface area contributed by atoms with Crippen molar-refractivity contribution in [3.63, 3.8) is 0 Å². The molecular weight excluding hydrogens is 506 g/mol. The summed E-state index contributed by atoms with van der Waals surface area (Å²) in [5, 5.41) is 4.71. The number of benzene rings is 2. The number of esters is 1. The Balaban J connectivity index is 1.46. The van der Waals surface area contributed by atoms with E-state index in [-0.39, 0.29) is 5.97 Å². The first-order valence-electron chi connectivity index (χ1n) is 13.0. The second-order valence-electron chi connectivity index (χ2n) is 9.29. The molecule has 2 aliphatic heterocycles. The number of thioether (sulfide) groups is 1. The molecule has 2 heterocycles. The molecule has 198 valence electrons. The lowest BCUT2D eigenvalue weighted by Crippen LogP contribution is -2.35. The first-order valence-corrected chi connectivity index (χ1v) is 14.6. The summed E-state index contributed by atoms with van der Waals surface area (Å²) in [5.74, 6) is -0.362. The zero-order valence-corrected chi connectivity index (χ0v) is 23.0. The minimum Gasteiger partial charge on any atom is -0.462 e. The van der Waals surface area contributed by atoms with Crippen LogP contribution in [0, 0.1) is 0 Å². The van der Waals surface area contributed by atoms with E-state index < -0.39 is 6.04 Å². The van der Waals surface area contributed by atoms with Crippen molar-refractivity contribution in [2.45, 2.75) is 38.1 Å². The molecule has 0 amide bonds. The van der Waals surface area contributed by atoms with Crippen LogP contribution < -0.4 is 5.32 Å². The minimum atomic E-state index is -0.483. The van der Waals surface area contributed by atoms with Crippen molar-refractivity contribution in [3.05, 3.63) is 82.0 Å². The molecule has 2 aliphatic rings. The third-order valence-electron chi connectivity index (χ3n) is 6.63. The number of aryl methyl sites for hydroxylation is 1. The molecule has 0 bridgehead atoms. The van der Waals surface area contributed by atoms with Crippen molar-refractivity contribution in [3.8, 4) is 0 Å². The number of likely N-dealkylation sites (tertiary alicyclic amines) is 1. The van der Waals surface area contributed by atoms with Crippen molar-refractivity contribution in [1.29, 1.82) is 0 Å².